The molecule has 0 bridgehead atoms. The predicted octanol–water partition coefficient (Wildman–Crippen LogP) is 0.931. The minimum Gasteiger partial charge on any atom is -0.478 e. The molecule has 16 heavy (non-hydrogen) atoms. The molecule has 0 unspecified atom stereocenters. The van der Waals surface area contributed by atoms with Gasteiger partial charge in [-0.25, -0.2) is 9.78 Å². The lowest BCUT2D eigenvalue weighted by Crippen LogP contribution is -2.17. The van der Waals surface area contributed by atoms with Crippen LogP contribution in [0, 0.1) is 0 Å². The van der Waals surface area contributed by atoms with Crippen LogP contribution in [0.1, 0.15) is 19.2 Å². The summed E-state index contributed by atoms with van der Waals surface area (Å²) < 4.78 is 1.93. The molecule has 0 aromatic carbocycles. The van der Waals surface area contributed by atoms with Crippen molar-refractivity contribution in [2.24, 2.45) is 7.05 Å². The molecule has 0 aliphatic carbocycles. The van der Waals surface area contributed by atoms with Gasteiger partial charge in [0.05, 0.1) is 6.54 Å². The molecule has 1 heterocycles. The molecular weight excluding hydrogens is 206 g/mol. The van der Waals surface area contributed by atoms with Crippen molar-refractivity contribution < 1.29 is 9.90 Å². The smallest absolute Gasteiger partial charge is 0.331 e. The molecule has 1 aromatic heterocycles. The van der Waals surface area contributed by atoms with E-state index in [0.29, 0.717) is 25.1 Å². The number of hydrogen-bond acceptors (Lipinski definition) is 3. The lowest BCUT2D eigenvalue weighted by Gasteiger charge is -2.03. The number of nitrogens with one attached hydrogen (secondary N) is 1. The predicted molar refractivity (Wildman–Crippen MR) is 60.9 cm³/mol. The number of nitrogens with zero attached hydrogens (tertiary/aromatic N) is 2. The Morgan fingerprint density at radius 1 is 1.69 bits per heavy atom. The second kappa shape index (κ2) is 6.07. The fraction of sp³-hybridized carbons (Fsp3) is 0.455. The first kappa shape index (κ1) is 12.4. The number of carbonyl (C=O) groups is 1. The van der Waals surface area contributed by atoms with Crippen molar-refractivity contribution in [3.63, 3.8) is 0 Å². The second-order valence-corrected chi connectivity index (χ2v) is 3.47. The van der Waals surface area contributed by atoms with Crippen molar-refractivity contribution in [2.45, 2.75) is 19.9 Å². The molecule has 0 atom stereocenters. The van der Waals surface area contributed by atoms with Crippen LogP contribution in [0.5, 0.6) is 0 Å². The van der Waals surface area contributed by atoms with Gasteiger partial charge in [0.15, 0.2) is 0 Å². The SMILES string of the molecule is CC/C(=C/CNCc1nccn1C)C(=O)O. The fourth-order valence-corrected chi connectivity index (χ4v) is 1.33. The van der Waals surface area contributed by atoms with Gasteiger partial charge in [0.2, 0.25) is 0 Å². The van der Waals surface area contributed by atoms with Crippen molar-refractivity contribution in [2.75, 3.05) is 6.54 Å². The maximum atomic E-state index is 10.7. The largest absolute Gasteiger partial charge is 0.478 e. The highest BCUT2D eigenvalue weighted by atomic mass is 16.4. The molecule has 0 saturated carbocycles. The van der Waals surface area contributed by atoms with Crippen LogP contribution in [0.3, 0.4) is 0 Å². The number of imidazole rings is 1. The van der Waals surface area contributed by atoms with Gasteiger partial charge in [0.25, 0.3) is 0 Å². The Bertz CT molecular complexity index is 382. The quantitative estimate of drug-likeness (QED) is 0.556. The van der Waals surface area contributed by atoms with E-state index < -0.39 is 5.97 Å². The molecular formula is C11H17N3O2. The van der Waals surface area contributed by atoms with E-state index in [0.717, 1.165) is 5.82 Å². The minimum absolute atomic E-state index is 0.437. The van der Waals surface area contributed by atoms with E-state index in [1.165, 1.54) is 0 Å². The molecule has 0 aliphatic heterocycles. The number of aryl methyl sites for hydroxylation is 1. The summed E-state index contributed by atoms with van der Waals surface area (Å²) >= 11 is 0. The van der Waals surface area contributed by atoms with Crippen LogP contribution in [0.4, 0.5) is 0 Å². The topological polar surface area (TPSA) is 67.2 Å². The van der Waals surface area contributed by atoms with Crippen LogP contribution in [0.25, 0.3) is 0 Å². The summed E-state index contributed by atoms with van der Waals surface area (Å²) in [6.07, 6.45) is 5.85. The number of aliphatic carboxylic acids is 1. The van der Waals surface area contributed by atoms with Crippen LogP contribution in [0.15, 0.2) is 24.0 Å². The number of rotatable bonds is 6. The number of aromatic nitrogens is 2. The van der Waals surface area contributed by atoms with Crippen molar-refractivity contribution in [3.8, 4) is 0 Å². The number of carboxylic acid groups (broad SMARTS) is 1. The Labute approximate surface area is 94.8 Å². The standard InChI is InChI=1S/C11H17N3O2/c1-3-9(11(15)16)4-5-12-8-10-13-6-7-14(10)2/h4,6-7,12H,3,5,8H2,1-2H3,(H,15,16)/b9-4-. The molecule has 5 heteroatoms. The van der Waals surface area contributed by atoms with Gasteiger partial charge < -0.3 is 15.0 Å². The first-order valence-electron chi connectivity index (χ1n) is 5.24. The van der Waals surface area contributed by atoms with Gasteiger partial charge in [0, 0.05) is 31.6 Å². The van der Waals surface area contributed by atoms with Crippen molar-refractivity contribution in [1.29, 1.82) is 0 Å². The summed E-state index contributed by atoms with van der Waals surface area (Å²) in [6, 6.07) is 0. The van der Waals surface area contributed by atoms with E-state index in [-0.39, 0.29) is 0 Å². The molecule has 0 radical (unpaired) electrons. The zero-order valence-corrected chi connectivity index (χ0v) is 9.60. The van der Waals surface area contributed by atoms with E-state index in [9.17, 15) is 4.79 Å². The Kier molecular flexibility index (Phi) is 4.72. The number of hydrogen-bond donors (Lipinski definition) is 2. The fourth-order valence-electron chi connectivity index (χ4n) is 1.33. The summed E-state index contributed by atoms with van der Waals surface area (Å²) in [5.41, 5.74) is 0.437. The van der Waals surface area contributed by atoms with Crippen molar-refractivity contribution in [3.05, 3.63) is 29.9 Å². The zero-order valence-electron chi connectivity index (χ0n) is 9.60. The van der Waals surface area contributed by atoms with E-state index in [1.54, 1.807) is 12.3 Å². The van der Waals surface area contributed by atoms with E-state index in [1.807, 2.05) is 24.7 Å². The highest BCUT2D eigenvalue weighted by Gasteiger charge is 2.02. The normalized spacial score (nSPS) is 11.8. The molecule has 0 spiro atoms. The van der Waals surface area contributed by atoms with E-state index in [4.69, 9.17) is 5.11 Å². The summed E-state index contributed by atoms with van der Waals surface area (Å²) in [5.74, 6) is 0.0862. The average Bonchev–Trinajstić information content (AvgIpc) is 2.64. The molecule has 5 nitrogen and oxygen atoms in total. The Morgan fingerprint density at radius 3 is 2.94 bits per heavy atom. The maximum absolute atomic E-state index is 10.7. The van der Waals surface area contributed by atoms with Gasteiger partial charge in [0.1, 0.15) is 5.82 Å². The maximum Gasteiger partial charge on any atom is 0.331 e. The summed E-state index contributed by atoms with van der Waals surface area (Å²) in [6.45, 7) is 3.01. The lowest BCUT2D eigenvalue weighted by molar-refractivity contribution is -0.132. The van der Waals surface area contributed by atoms with Crippen LogP contribution < -0.4 is 5.32 Å². The average molecular weight is 223 g/mol. The van der Waals surface area contributed by atoms with Crippen LogP contribution >= 0.6 is 0 Å². The van der Waals surface area contributed by atoms with Gasteiger partial charge in [-0.05, 0) is 6.42 Å². The third kappa shape index (κ3) is 3.51. The van der Waals surface area contributed by atoms with Crippen LogP contribution in [-0.2, 0) is 18.4 Å². The summed E-state index contributed by atoms with van der Waals surface area (Å²) in [5, 5.41) is 11.9. The van der Waals surface area contributed by atoms with Gasteiger partial charge in [-0.3, -0.25) is 0 Å². The van der Waals surface area contributed by atoms with Crippen molar-refractivity contribution in [1.82, 2.24) is 14.9 Å². The van der Waals surface area contributed by atoms with Gasteiger partial charge in [-0.1, -0.05) is 13.0 Å². The molecule has 0 aliphatic rings. The lowest BCUT2D eigenvalue weighted by atomic mass is 10.2. The first-order chi connectivity index (χ1) is 7.65. The van der Waals surface area contributed by atoms with E-state index >= 15 is 0 Å². The Balaban J connectivity index is 2.36. The second-order valence-electron chi connectivity index (χ2n) is 3.47. The highest BCUT2D eigenvalue weighted by molar-refractivity contribution is 5.86. The van der Waals surface area contributed by atoms with E-state index in [2.05, 4.69) is 10.3 Å². The molecule has 0 fully saturated rings. The first-order valence-corrected chi connectivity index (χ1v) is 5.24. The summed E-state index contributed by atoms with van der Waals surface area (Å²) in [7, 11) is 1.93. The monoisotopic (exact) mass is 223 g/mol. The Morgan fingerprint density at radius 2 is 2.44 bits per heavy atom. The Hall–Kier alpha value is -1.62. The van der Waals surface area contributed by atoms with Gasteiger partial charge >= 0.3 is 5.97 Å². The minimum atomic E-state index is -0.846. The third-order valence-corrected chi connectivity index (χ3v) is 2.35. The highest BCUT2D eigenvalue weighted by Crippen LogP contribution is 1.99. The molecule has 2 N–H and O–H groups in total. The summed E-state index contributed by atoms with van der Waals surface area (Å²) in [4.78, 5) is 14.8. The van der Waals surface area contributed by atoms with Gasteiger partial charge in [-0.15, -0.1) is 0 Å². The molecule has 0 amide bonds. The van der Waals surface area contributed by atoms with Crippen LogP contribution in [0.2, 0.25) is 0 Å². The third-order valence-electron chi connectivity index (χ3n) is 2.35. The molecule has 0 saturated heterocycles. The zero-order chi connectivity index (χ0) is 12.0. The number of carboxylic acids is 1. The molecule has 88 valence electrons. The molecule has 1 rings (SSSR count). The van der Waals surface area contributed by atoms with Crippen LogP contribution in [-0.4, -0.2) is 27.2 Å². The van der Waals surface area contributed by atoms with Gasteiger partial charge in [-0.2, -0.15) is 0 Å². The molecule has 1 aromatic rings. The van der Waals surface area contributed by atoms with Crippen molar-refractivity contribution >= 4 is 5.97 Å².